The third-order valence-electron chi connectivity index (χ3n) is 2.66. The van der Waals surface area contributed by atoms with E-state index in [0.29, 0.717) is 12.1 Å². The molecule has 1 rings (SSSR count). The van der Waals surface area contributed by atoms with Gasteiger partial charge in [-0.15, -0.1) is 0 Å². The second kappa shape index (κ2) is 6.88. The topological polar surface area (TPSA) is 69.2 Å². The van der Waals surface area contributed by atoms with E-state index in [1.807, 2.05) is 5.32 Å². The molecule has 0 heterocycles. The molecule has 1 aromatic rings. The van der Waals surface area contributed by atoms with Crippen LogP contribution in [0.15, 0.2) is 18.2 Å². The minimum absolute atomic E-state index is 0.0637. The lowest BCUT2D eigenvalue weighted by molar-refractivity contribution is -0.305. The van der Waals surface area contributed by atoms with E-state index >= 15 is 0 Å². The van der Waals surface area contributed by atoms with Crippen molar-refractivity contribution in [1.29, 1.82) is 0 Å². The van der Waals surface area contributed by atoms with E-state index in [1.165, 1.54) is 0 Å². The normalized spacial score (nSPS) is 12.1. The number of benzene rings is 1. The van der Waals surface area contributed by atoms with Crippen molar-refractivity contribution < 1.29 is 41.0 Å². The van der Waals surface area contributed by atoms with Crippen LogP contribution < -0.4 is 10.4 Å². The maximum Gasteiger partial charge on any atom is 0.416 e. The second-order valence-corrected chi connectivity index (χ2v) is 4.57. The van der Waals surface area contributed by atoms with Crippen molar-refractivity contribution in [2.24, 2.45) is 0 Å². The molecule has 0 aromatic heterocycles. The summed E-state index contributed by atoms with van der Waals surface area (Å²) in [5.41, 5.74) is -3.79. The first-order valence-electron chi connectivity index (χ1n) is 6.19. The summed E-state index contributed by atoms with van der Waals surface area (Å²) >= 11 is 0. The molecule has 0 saturated heterocycles. The van der Waals surface area contributed by atoms with E-state index in [4.69, 9.17) is 0 Å². The SMILES string of the molecule is O=C([O-])CCCC(=O)Nc1cc(C(F)(F)F)cc(C(F)(F)F)c1. The Bertz CT molecular complexity index is 562. The maximum absolute atomic E-state index is 12.6. The zero-order chi connectivity index (χ0) is 17.8. The van der Waals surface area contributed by atoms with Crippen LogP contribution in [0.25, 0.3) is 0 Å². The highest BCUT2D eigenvalue weighted by molar-refractivity contribution is 5.91. The molecule has 23 heavy (non-hydrogen) atoms. The first kappa shape index (κ1) is 18.8. The molecule has 0 aliphatic carbocycles. The van der Waals surface area contributed by atoms with Crippen LogP contribution in [0, 0.1) is 0 Å². The number of hydrogen-bond acceptors (Lipinski definition) is 3. The lowest BCUT2D eigenvalue weighted by atomic mass is 10.1. The van der Waals surface area contributed by atoms with Gasteiger partial charge in [-0.05, 0) is 31.0 Å². The number of halogens is 6. The van der Waals surface area contributed by atoms with Gasteiger partial charge in [0.2, 0.25) is 5.91 Å². The molecule has 0 aliphatic heterocycles. The Morgan fingerprint density at radius 1 is 0.913 bits per heavy atom. The van der Waals surface area contributed by atoms with Gasteiger partial charge in [-0.3, -0.25) is 4.79 Å². The van der Waals surface area contributed by atoms with Crippen LogP contribution in [-0.4, -0.2) is 11.9 Å². The number of hydrogen-bond donors (Lipinski definition) is 1. The molecule has 1 aromatic carbocycles. The lowest BCUT2D eigenvalue weighted by Crippen LogP contribution is -2.22. The van der Waals surface area contributed by atoms with Crippen LogP contribution in [0.2, 0.25) is 0 Å². The number of carbonyl (C=O) groups is 2. The first-order valence-corrected chi connectivity index (χ1v) is 6.19. The van der Waals surface area contributed by atoms with E-state index < -0.39 is 47.5 Å². The van der Waals surface area contributed by atoms with E-state index in [9.17, 15) is 41.0 Å². The highest BCUT2D eigenvalue weighted by Crippen LogP contribution is 2.37. The molecule has 0 atom stereocenters. The maximum atomic E-state index is 12.6. The highest BCUT2D eigenvalue weighted by Gasteiger charge is 2.37. The van der Waals surface area contributed by atoms with Crippen LogP contribution in [0.5, 0.6) is 0 Å². The van der Waals surface area contributed by atoms with Crippen LogP contribution in [0.4, 0.5) is 32.0 Å². The fourth-order valence-electron chi connectivity index (χ4n) is 1.64. The van der Waals surface area contributed by atoms with Crippen LogP contribution in [-0.2, 0) is 21.9 Å². The van der Waals surface area contributed by atoms with E-state index in [1.54, 1.807) is 0 Å². The van der Waals surface area contributed by atoms with Crippen molar-refractivity contribution in [2.45, 2.75) is 31.6 Å². The van der Waals surface area contributed by atoms with Gasteiger partial charge in [0.05, 0.1) is 11.1 Å². The molecule has 0 fully saturated rings. The summed E-state index contributed by atoms with van der Waals surface area (Å²) in [5, 5.41) is 12.0. The van der Waals surface area contributed by atoms with Crippen molar-refractivity contribution in [3.63, 3.8) is 0 Å². The Kier molecular flexibility index (Phi) is 5.62. The summed E-state index contributed by atoms with van der Waals surface area (Å²) in [6.45, 7) is 0. The molecule has 0 saturated carbocycles. The fourth-order valence-corrected chi connectivity index (χ4v) is 1.64. The number of carbonyl (C=O) groups excluding carboxylic acids is 2. The van der Waals surface area contributed by atoms with Gasteiger partial charge in [0, 0.05) is 18.1 Å². The zero-order valence-electron chi connectivity index (χ0n) is 11.3. The van der Waals surface area contributed by atoms with Gasteiger partial charge in [0.25, 0.3) is 0 Å². The predicted molar refractivity (Wildman–Crippen MR) is 63.9 cm³/mol. The van der Waals surface area contributed by atoms with Gasteiger partial charge in [-0.25, -0.2) is 0 Å². The summed E-state index contributed by atoms with van der Waals surface area (Å²) < 4.78 is 75.7. The van der Waals surface area contributed by atoms with Crippen molar-refractivity contribution in [2.75, 3.05) is 5.32 Å². The van der Waals surface area contributed by atoms with Crippen molar-refractivity contribution >= 4 is 17.6 Å². The molecule has 0 bridgehead atoms. The van der Waals surface area contributed by atoms with Gasteiger partial charge < -0.3 is 15.2 Å². The zero-order valence-corrected chi connectivity index (χ0v) is 11.3. The molecule has 1 N–H and O–H groups in total. The molecule has 0 unspecified atom stereocenters. The Morgan fingerprint density at radius 3 is 1.78 bits per heavy atom. The fraction of sp³-hybridized carbons (Fsp3) is 0.385. The molecule has 0 aliphatic rings. The summed E-state index contributed by atoms with van der Waals surface area (Å²) in [5.74, 6) is -2.32. The molecule has 4 nitrogen and oxygen atoms in total. The van der Waals surface area contributed by atoms with Crippen LogP contribution in [0.3, 0.4) is 0 Å². The molecular weight excluding hydrogens is 332 g/mol. The molecular formula is C13H10F6NO3-. The predicted octanol–water partition coefficient (Wildman–Crippen LogP) is 2.58. The van der Waals surface area contributed by atoms with Crippen molar-refractivity contribution in [3.8, 4) is 0 Å². The standard InChI is InChI=1S/C13H11F6NO3/c14-12(15,16)7-4-8(13(17,18)19)6-9(5-7)20-10(21)2-1-3-11(22)23/h4-6H,1-3H2,(H,20,21)(H,22,23)/p-1. The third kappa shape index (κ3) is 6.17. The molecule has 0 spiro atoms. The Balaban J connectivity index is 2.97. The summed E-state index contributed by atoms with van der Waals surface area (Å²) in [7, 11) is 0. The number of rotatable bonds is 5. The largest absolute Gasteiger partial charge is 0.550 e. The number of alkyl halides is 6. The lowest BCUT2D eigenvalue weighted by Gasteiger charge is -2.14. The van der Waals surface area contributed by atoms with E-state index in [-0.39, 0.29) is 18.9 Å². The Hall–Kier alpha value is -2.26. The number of carboxylic acids is 1. The molecule has 0 radical (unpaired) electrons. The molecule has 128 valence electrons. The molecule has 1 amide bonds. The number of amides is 1. The minimum Gasteiger partial charge on any atom is -0.550 e. The minimum atomic E-state index is -5.02. The van der Waals surface area contributed by atoms with Crippen LogP contribution >= 0.6 is 0 Å². The smallest absolute Gasteiger partial charge is 0.416 e. The summed E-state index contributed by atoms with van der Waals surface area (Å²) in [6, 6.07) is 0.670. The Labute approximate surface area is 126 Å². The van der Waals surface area contributed by atoms with Crippen molar-refractivity contribution in [1.82, 2.24) is 0 Å². The van der Waals surface area contributed by atoms with E-state index in [0.717, 1.165) is 0 Å². The second-order valence-electron chi connectivity index (χ2n) is 4.57. The van der Waals surface area contributed by atoms with Crippen LogP contribution in [0.1, 0.15) is 30.4 Å². The molecule has 10 heteroatoms. The van der Waals surface area contributed by atoms with Gasteiger partial charge in [0.15, 0.2) is 0 Å². The number of nitrogens with one attached hydrogen (secondary N) is 1. The quantitative estimate of drug-likeness (QED) is 0.837. The average molecular weight is 342 g/mol. The van der Waals surface area contributed by atoms with Gasteiger partial charge in [-0.2, -0.15) is 26.3 Å². The third-order valence-corrected chi connectivity index (χ3v) is 2.66. The van der Waals surface area contributed by atoms with Crippen molar-refractivity contribution in [3.05, 3.63) is 29.3 Å². The monoisotopic (exact) mass is 342 g/mol. The van der Waals surface area contributed by atoms with Gasteiger partial charge in [0.1, 0.15) is 0 Å². The number of carboxylic acid groups (broad SMARTS) is 1. The van der Waals surface area contributed by atoms with Gasteiger partial charge in [-0.1, -0.05) is 0 Å². The average Bonchev–Trinajstić information content (AvgIpc) is 2.35. The van der Waals surface area contributed by atoms with Gasteiger partial charge >= 0.3 is 12.4 Å². The first-order chi connectivity index (χ1) is 10.4. The number of anilines is 1. The number of aliphatic carboxylic acids is 1. The Morgan fingerprint density at radius 2 is 1.39 bits per heavy atom. The summed E-state index contributed by atoms with van der Waals surface area (Å²) in [4.78, 5) is 21.6. The van der Waals surface area contributed by atoms with E-state index in [2.05, 4.69) is 0 Å². The summed E-state index contributed by atoms with van der Waals surface area (Å²) in [6.07, 6.45) is -11.0. The highest BCUT2D eigenvalue weighted by atomic mass is 19.4.